The lowest BCUT2D eigenvalue weighted by molar-refractivity contribution is -0.137. The number of carbonyl (C=O) groups is 1. The molecule has 3 aromatic carbocycles. The van der Waals surface area contributed by atoms with E-state index in [1.54, 1.807) is 31.2 Å². The molecular weight excluding hydrogens is 501 g/mol. The quantitative estimate of drug-likeness (QED) is 0.408. The van der Waals surface area contributed by atoms with Crippen molar-refractivity contribution < 1.29 is 26.4 Å². The number of alkyl halides is 3. The second-order valence-corrected chi connectivity index (χ2v) is 11.6. The Kier molecular flexibility index (Phi) is 7.64. The van der Waals surface area contributed by atoms with Crippen molar-refractivity contribution in [2.75, 3.05) is 29.1 Å². The van der Waals surface area contributed by atoms with E-state index >= 15 is 0 Å². The van der Waals surface area contributed by atoms with Crippen LogP contribution in [0, 0.1) is 6.92 Å². The molecule has 9 heteroatoms. The van der Waals surface area contributed by atoms with Gasteiger partial charge in [-0.25, -0.2) is 8.42 Å². The minimum atomic E-state index is -4.34. The molecule has 0 aromatic heterocycles. The monoisotopic (exact) mass is 530 g/mol. The van der Waals surface area contributed by atoms with Gasteiger partial charge in [0.15, 0.2) is 9.84 Å². The summed E-state index contributed by atoms with van der Waals surface area (Å²) in [5, 5.41) is 2.89. The van der Waals surface area contributed by atoms with Crippen LogP contribution in [-0.2, 0) is 27.2 Å². The summed E-state index contributed by atoms with van der Waals surface area (Å²) in [5.74, 6) is -0.0310. The molecule has 1 N–H and O–H groups in total. The Morgan fingerprint density at radius 2 is 1.70 bits per heavy atom. The molecule has 1 aliphatic heterocycles. The summed E-state index contributed by atoms with van der Waals surface area (Å²) >= 11 is 0. The zero-order valence-corrected chi connectivity index (χ0v) is 21.5. The number of amides is 1. The molecule has 0 radical (unpaired) electrons. The SMILES string of the molecule is CCS(=O)(=O)c1ccc(CC(=O)Nc2ccc(N3CCC(c4ccc(C(F)(F)F)cc4)C3)c(C)c2)cc1. The number of sulfone groups is 1. The summed E-state index contributed by atoms with van der Waals surface area (Å²) in [6.45, 7) is 5.05. The molecule has 1 aliphatic rings. The zero-order chi connectivity index (χ0) is 26.8. The van der Waals surface area contributed by atoms with Gasteiger partial charge in [-0.3, -0.25) is 4.79 Å². The van der Waals surface area contributed by atoms with Gasteiger partial charge >= 0.3 is 6.18 Å². The molecule has 4 rings (SSSR count). The van der Waals surface area contributed by atoms with Gasteiger partial charge < -0.3 is 10.2 Å². The van der Waals surface area contributed by atoms with E-state index in [0.717, 1.165) is 41.9 Å². The van der Waals surface area contributed by atoms with Gasteiger partial charge in [0.2, 0.25) is 5.91 Å². The molecule has 0 saturated carbocycles. The Bertz CT molecular complexity index is 1370. The third-order valence-corrected chi connectivity index (χ3v) is 8.50. The summed E-state index contributed by atoms with van der Waals surface area (Å²) in [6.07, 6.45) is -3.37. The van der Waals surface area contributed by atoms with Crippen molar-refractivity contribution in [1.29, 1.82) is 0 Å². The smallest absolute Gasteiger partial charge is 0.371 e. The fourth-order valence-electron chi connectivity index (χ4n) is 4.66. The molecule has 1 amide bonds. The third-order valence-electron chi connectivity index (χ3n) is 6.75. The van der Waals surface area contributed by atoms with Crippen LogP contribution in [0.3, 0.4) is 0 Å². The van der Waals surface area contributed by atoms with E-state index in [0.29, 0.717) is 17.8 Å². The third kappa shape index (κ3) is 6.33. The van der Waals surface area contributed by atoms with Crippen molar-refractivity contribution in [3.05, 3.63) is 89.0 Å². The molecule has 37 heavy (non-hydrogen) atoms. The van der Waals surface area contributed by atoms with Crippen LogP contribution in [0.4, 0.5) is 24.5 Å². The van der Waals surface area contributed by atoms with E-state index in [1.807, 2.05) is 25.1 Å². The van der Waals surface area contributed by atoms with Crippen LogP contribution in [0.15, 0.2) is 71.6 Å². The average Bonchev–Trinajstić information content (AvgIpc) is 3.34. The predicted octanol–water partition coefficient (Wildman–Crippen LogP) is 5.98. The molecular formula is C28H29F3N2O3S. The highest BCUT2D eigenvalue weighted by molar-refractivity contribution is 7.91. The first kappa shape index (κ1) is 26.7. The highest BCUT2D eigenvalue weighted by Gasteiger charge is 2.31. The lowest BCUT2D eigenvalue weighted by Crippen LogP contribution is -2.20. The Morgan fingerprint density at radius 1 is 1.03 bits per heavy atom. The fraction of sp³-hybridized carbons (Fsp3) is 0.321. The maximum Gasteiger partial charge on any atom is 0.416 e. The van der Waals surface area contributed by atoms with Crippen molar-refractivity contribution >= 4 is 27.1 Å². The van der Waals surface area contributed by atoms with Crippen LogP contribution in [0.1, 0.15) is 41.5 Å². The zero-order valence-electron chi connectivity index (χ0n) is 20.7. The molecule has 0 spiro atoms. The molecule has 1 heterocycles. The van der Waals surface area contributed by atoms with Crippen LogP contribution in [0.2, 0.25) is 0 Å². The van der Waals surface area contributed by atoms with Crippen LogP contribution < -0.4 is 10.2 Å². The number of nitrogens with one attached hydrogen (secondary N) is 1. The van der Waals surface area contributed by atoms with Crippen molar-refractivity contribution in [3.8, 4) is 0 Å². The molecule has 5 nitrogen and oxygen atoms in total. The minimum absolute atomic E-state index is 0.0231. The molecule has 1 atom stereocenters. The van der Waals surface area contributed by atoms with Gasteiger partial charge in [-0.2, -0.15) is 13.2 Å². The Labute approximate surface area is 215 Å². The van der Waals surface area contributed by atoms with Gasteiger partial charge in [0.25, 0.3) is 0 Å². The van der Waals surface area contributed by atoms with Gasteiger partial charge in [-0.05, 0) is 72.5 Å². The van der Waals surface area contributed by atoms with Crippen molar-refractivity contribution in [2.45, 2.75) is 43.7 Å². The van der Waals surface area contributed by atoms with E-state index in [2.05, 4.69) is 10.2 Å². The topological polar surface area (TPSA) is 66.5 Å². The summed E-state index contributed by atoms with van der Waals surface area (Å²) < 4.78 is 62.5. The fourth-order valence-corrected chi connectivity index (χ4v) is 5.54. The van der Waals surface area contributed by atoms with Gasteiger partial charge in [-0.1, -0.05) is 31.2 Å². The normalized spacial score (nSPS) is 16.1. The van der Waals surface area contributed by atoms with E-state index in [-0.39, 0.29) is 28.9 Å². The maximum absolute atomic E-state index is 12.9. The second-order valence-electron chi connectivity index (χ2n) is 9.32. The van der Waals surface area contributed by atoms with E-state index in [1.165, 1.54) is 12.1 Å². The lowest BCUT2D eigenvalue weighted by atomic mass is 9.97. The van der Waals surface area contributed by atoms with Crippen LogP contribution >= 0.6 is 0 Å². The Hall–Kier alpha value is -3.33. The largest absolute Gasteiger partial charge is 0.416 e. The molecule has 3 aromatic rings. The molecule has 196 valence electrons. The number of hydrogen-bond donors (Lipinski definition) is 1. The number of nitrogens with zero attached hydrogens (tertiary/aromatic N) is 1. The lowest BCUT2D eigenvalue weighted by Gasteiger charge is -2.22. The minimum Gasteiger partial charge on any atom is -0.371 e. The van der Waals surface area contributed by atoms with Crippen LogP contribution in [-0.4, -0.2) is 33.2 Å². The highest BCUT2D eigenvalue weighted by Crippen LogP contribution is 2.35. The molecule has 1 unspecified atom stereocenters. The Balaban J connectivity index is 1.36. The van der Waals surface area contributed by atoms with Gasteiger partial charge in [0, 0.05) is 30.4 Å². The molecule has 0 aliphatic carbocycles. The second kappa shape index (κ2) is 10.6. The molecule has 1 saturated heterocycles. The van der Waals surface area contributed by atoms with Crippen LogP contribution in [0.25, 0.3) is 0 Å². The van der Waals surface area contributed by atoms with E-state index in [4.69, 9.17) is 0 Å². The van der Waals surface area contributed by atoms with Crippen molar-refractivity contribution in [3.63, 3.8) is 0 Å². The van der Waals surface area contributed by atoms with Gasteiger partial charge in [0.1, 0.15) is 0 Å². The van der Waals surface area contributed by atoms with E-state index < -0.39 is 21.6 Å². The number of carbonyl (C=O) groups excluding carboxylic acids is 1. The standard InChI is InChI=1S/C28H29F3N2O3S/c1-3-37(35,36)25-11-4-20(5-12-25)17-27(34)32-24-10-13-26(19(2)16-24)33-15-14-22(18-33)21-6-8-23(9-7-21)28(29,30)31/h4-13,16,22H,3,14-15,17-18H2,1-2H3,(H,32,34). The van der Waals surface area contributed by atoms with Crippen LogP contribution in [0.5, 0.6) is 0 Å². The first-order valence-electron chi connectivity index (χ1n) is 12.1. The summed E-state index contributed by atoms with van der Waals surface area (Å²) in [7, 11) is -3.28. The summed E-state index contributed by atoms with van der Waals surface area (Å²) in [5.41, 5.74) is 3.65. The first-order valence-corrected chi connectivity index (χ1v) is 13.8. The summed E-state index contributed by atoms with van der Waals surface area (Å²) in [6, 6.07) is 17.4. The predicted molar refractivity (Wildman–Crippen MR) is 139 cm³/mol. The van der Waals surface area contributed by atoms with E-state index in [9.17, 15) is 26.4 Å². The van der Waals surface area contributed by atoms with Gasteiger partial charge in [0.05, 0.1) is 22.6 Å². The van der Waals surface area contributed by atoms with Crippen molar-refractivity contribution in [1.82, 2.24) is 0 Å². The summed E-state index contributed by atoms with van der Waals surface area (Å²) in [4.78, 5) is 15.0. The number of benzene rings is 3. The number of halogens is 3. The Morgan fingerprint density at radius 3 is 2.30 bits per heavy atom. The van der Waals surface area contributed by atoms with Crippen molar-refractivity contribution in [2.24, 2.45) is 0 Å². The highest BCUT2D eigenvalue weighted by atomic mass is 32.2. The number of rotatable bonds is 7. The molecule has 0 bridgehead atoms. The number of hydrogen-bond acceptors (Lipinski definition) is 4. The number of aryl methyl sites for hydroxylation is 1. The molecule has 1 fully saturated rings. The maximum atomic E-state index is 12.9. The average molecular weight is 531 g/mol. The van der Waals surface area contributed by atoms with Gasteiger partial charge in [-0.15, -0.1) is 0 Å². The first-order chi connectivity index (χ1) is 17.5. The number of anilines is 2.